The van der Waals surface area contributed by atoms with Crippen LogP contribution in [-0.4, -0.2) is 44.5 Å². The molecule has 1 atom stereocenters. The van der Waals surface area contributed by atoms with Crippen molar-refractivity contribution in [3.63, 3.8) is 0 Å². The largest absolute Gasteiger partial charge is 0.391 e. The third-order valence-electron chi connectivity index (χ3n) is 3.00. The monoisotopic (exact) mass is 234 g/mol. The smallest absolute Gasteiger partial charge is 0.224 e. The van der Waals surface area contributed by atoms with E-state index in [4.69, 9.17) is 5.73 Å². The molecule has 0 aromatic carbocycles. The van der Waals surface area contributed by atoms with Gasteiger partial charge in [-0.1, -0.05) is 0 Å². The minimum absolute atomic E-state index is 0.219. The highest BCUT2D eigenvalue weighted by Crippen LogP contribution is 2.25. The van der Waals surface area contributed by atoms with E-state index < -0.39 is 0 Å². The fourth-order valence-corrected chi connectivity index (χ4v) is 2.22. The average Bonchev–Trinajstić information content (AvgIpc) is 2.75. The quantitative estimate of drug-likeness (QED) is 0.636. The summed E-state index contributed by atoms with van der Waals surface area (Å²) >= 11 is 0. The van der Waals surface area contributed by atoms with Crippen LogP contribution in [0, 0.1) is 0 Å². The highest BCUT2D eigenvalue weighted by atomic mass is 16.3. The molecule has 7 nitrogen and oxygen atoms in total. The Hall–Kier alpha value is -1.89. The molecule has 4 N–H and O–H groups in total. The minimum atomic E-state index is -0.304. The van der Waals surface area contributed by atoms with E-state index >= 15 is 0 Å². The van der Waals surface area contributed by atoms with Gasteiger partial charge in [0.25, 0.3) is 0 Å². The molecule has 0 aliphatic carbocycles. The maximum Gasteiger partial charge on any atom is 0.224 e. The van der Waals surface area contributed by atoms with Gasteiger partial charge < -0.3 is 15.7 Å². The molecule has 2 aromatic heterocycles. The number of piperidine rings is 1. The number of aromatic amines is 1. The SMILES string of the molecule is Nc1nc(N2CCCC(O)C2)c2cn[nH]c2n1. The standard InChI is InChI=1S/C10H14N6O/c11-10-13-8-7(4-12-15-8)9(14-10)16-3-1-2-6(17)5-16/h4,6,17H,1-3,5H2,(H3,11,12,13,14,15). The van der Waals surface area contributed by atoms with E-state index in [2.05, 4.69) is 20.2 Å². The van der Waals surface area contributed by atoms with Crippen molar-refractivity contribution < 1.29 is 5.11 Å². The fourth-order valence-electron chi connectivity index (χ4n) is 2.22. The van der Waals surface area contributed by atoms with E-state index in [1.807, 2.05) is 4.90 Å². The number of rotatable bonds is 1. The van der Waals surface area contributed by atoms with Crippen LogP contribution in [0.4, 0.5) is 11.8 Å². The zero-order valence-electron chi connectivity index (χ0n) is 9.30. The van der Waals surface area contributed by atoms with Crippen molar-refractivity contribution in [1.29, 1.82) is 0 Å². The summed E-state index contributed by atoms with van der Waals surface area (Å²) < 4.78 is 0. The summed E-state index contributed by atoms with van der Waals surface area (Å²) in [6.45, 7) is 1.45. The molecule has 17 heavy (non-hydrogen) atoms. The Labute approximate surface area is 97.7 Å². The normalized spacial score (nSPS) is 21.0. The first-order chi connectivity index (χ1) is 8.24. The van der Waals surface area contributed by atoms with Crippen LogP contribution in [0.5, 0.6) is 0 Å². The summed E-state index contributed by atoms with van der Waals surface area (Å²) in [5.41, 5.74) is 6.30. The summed E-state index contributed by atoms with van der Waals surface area (Å²) in [6.07, 6.45) is 3.17. The topological polar surface area (TPSA) is 104 Å². The first kappa shape index (κ1) is 10.3. The molecule has 1 aliphatic rings. The summed E-state index contributed by atoms with van der Waals surface area (Å²) in [6, 6.07) is 0. The Morgan fingerprint density at radius 3 is 3.18 bits per heavy atom. The number of nitrogens with zero attached hydrogens (tertiary/aromatic N) is 4. The van der Waals surface area contributed by atoms with Gasteiger partial charge in [0.2, 0.25) is 5.95 Å². The molecule has 0 spiro atoms. The van der Waals surface area contributed by atoms with E-state index in [-0.39, 0.29) is 12.1 Å². The lowest BCUT2D eigenvalue weighted by Crippen LogP contribution is -2.38. The Morgan fingerprint density at radius 1 is 1.47 bits per heavy atom. The molecule has 7 heteroatoms. The molecule has 0 bridgehead atoms. The molecule has 1 saturated heterocycles. The number of hydrogen-bond donors (Lipinski definition) is 3. The van der Waals surface area contributed by atoms with Gasteiger partial charge in [0.1, 0.15) is 5.82 Å². The number of nitrogens with one attached hydrogen (secondary N) is 1. The summed E-state index contributed by atoms with van der Waals surface area (Å²) in [7, 11) is 0. The lowest BCUT2D eigenvalue weighted by Gasteiger charge is -2.31. The second kappa shape index (κ2) is 3.85. The van der Waals surface area contributed by atoms with Crippen LogP contribution < -0.4 is 10.6 Å². The molecule has 3 rings (SSSR count). The Morgan fingerprint density at radius 2 is 2.35 bits per heavy atom. The lowest BCUT2D eigenvalue weighted by molar-refractivity contribution is 0.154. The highest BCUT2D eigenvalue weighted by molar-refractivity contribution is 5.87. The zero-order valence-corrected chi connectivity index (χ0v) is 9.30. The van der Waals surface area contributed by atoms with Crippen LogP contribution in [-0.2, 0) is 0 Å². The highest BCUT2D eigenvalue weighted by Gasteiger charge is 2.21. The van der Waals surface area contributed by atoms with Crippen LogP contribution in [0.2, 0.25) is 0 Å². The van der Waals surface area contributed by atoms with Crippen LogP contribution in [0.15, 0.2) is 6.20 Å². The number of nitrogen functional groups attached to an aromatic ring is 1. The number of aliphatic hydroxyl groups excluding tert-OH is 1. The first-order valence-corrected chi connectivity index (χ1v) is 5.63. The van der Waals surface area contributed by atoms with E-state index in [9.17, 15) is 5.11 Å². The molecule has 1 aliphatic heterocycles. The van der Waals surface area contributed by atoms with Crippen molar-refractivity contribution in [1.82, 2.24) is 20.2 Å². The molecular weight excluding hydrogens is 220 g/mol. The van der Waals surface area contributed by atoms with Gasteiger partial charge in [0, 0.05) is 13.1 Å². The van der Waals surface area contributed by atoms with Gasteiger partial charge in [0.05, 0.1) is 17.7 Å². The maximum atomic E-state index is 9.69. The van der Waals surface area contributed by atoms with Crippen molar-refractivity contribution >= 4 is 22.8 Å². The lowest BCUT2D eigenvalue weighted by atomic mass is 10.1. The van der Waals surface area contributed by atoms with Gasteiger partial charge in [-0.05, 0) is 12.8 Å². The Kier molecular flexibility index (Phi) is 2.32. The van der Waals surface area contributed by atoms with E-state index in [1.54, 1.807) is 6.20 Å². The molecule has 0 radical (unpaired) electrons. The first-order valence-electron chi connectivity index (χ1n) is 5.63. The Balaban J connectivity index is 2.06. The summed E-state index contributed by atoms with van der Waals surface area (Å²) in [4.78, 5) is 10.4. The summed E-state index contributed by atoms with van der Waals surface area (Å²) in [5, 5.41) is 17.3. The van der Waals surface area contributed by atoms with Gasteiger partial charge in [-0.3, -0.25) is 5.10 Å². The van der Waals surface area contributed by atoms with E-state index in [1.165, 1.54) is 0 Å². The Bertz CT molecular complexity index is 539. The average molecular weight is 234 g/mol. The molecule has 3 heterocycles. The summed E-state index contributed by atoms with van der Waals surface area (Å²) in [5.74, 6) is 0.969. The maximum absolute atomic E-state index is 9.69. The van der Waals surface area contributed by atoms with Gasteiger partial charge in [-0.2, -0.15) is 15.1 Å². The van der Waals surface area contributed by atoms with Crippen LogP contribution in [0.25, 0.3) is 11.0 Å². The third-order valence-corrected chi connectivity index (χ3v) is 3.00. The number of H-pyrrole nitrogens is 1. The number of nitrogens with two attached hydrogens (primary N) is 1. The third kappa shape index (κ3) is 1.78. The van der Waals surface area contributed by atoms with Crippen molar-refractivity contribution in [2.75, 3.05) is 23.7 Å². The van der Waals surface area contributed by atoms with Gasteiger partial charge in [-0.15, -0.1) is 0 Å². The number of anilines is 2. The van der Waals surface area contributed by atoms with E-state index in [0.717, 1.165) is 30.6 Å². The molecule has 2 aromatic rings. The van der Waals surface area contributed by atoms with Crippen LogP contribution in [0.3, 0.4) is 0 Å². The second-order valence-electron chi connectivity index (χ2n) is 4.28. The van der Waals surface area contributed by atoms with Crippen LogP contribution >= 0.6 is 0 Å². The number of β-amino-alcohol motifs (C(OH)–C–C–N with tert-alkyl or cyclic N) is 1. The number of hydrogen-bond acceptors (Lipinski definition) is 6. The van der Waals surface area contributed by atoms with Crippen molar-refractivity contribution in [2.24, 2.45) is 0 Å². The molecule has 0 amide bonds. The van der Waals surface area contributed by atoms with Crippen LogP contribution in [0.1, 0.15) is 12.8 Å². The molecule has 1 unspecified atom stereocenters. The molecule has 1 fully saturated rings. The number of aliphatic hydroxyl groups is 1. The predicted molar refractivity (Wildman–Crippen MR) is 63.5 cm³/mol. The van der Waals surface area contributed by atoms with E-state index in [0.29, 0.717) is 12.2 Å². The predicted octanol–water partition coefficient (Wildman–Crippen LogP) is -0.104. The zero-order chi connectivity index (χ0) is 11.8. The minimum Gasteiger partial charge on any atom is -0.391 e. The van der Waals surface area contributed by atoms with Gasteiger partial charge in [0.15, 0.2) is 5.65 Å². The van der Waals surface area contributed by atoms with Crippen molar-refractivity contribution in [3.05, 3.63) is 6.20 Å². The fraction of sp³-hybridized carbons (Fsp3) is 0.500. The van der Waals surface area contributed by atoms with Gasteiger partial charge >= 0.3 is 0 Å². The molecule has 0 saturated carbocycles. The van der Waals surface area contributed by atoms with Gasteiger partial charge in [-0.25, -0.2) is 0 Å². The number of aromatic nitrogens is 4. The number of fused-ring (bicyclic) bond motifs is 1. The molecule has 90 valence electrons. The van der Waals surface area contributed by atoms with Crippen molar-refractivity contribution in [2.45, 2.75) is 18.9 Å². The van der Waals surface area contributed by atoms with Crippen molar-refractivity contribution in [3.8, 4) is 0 Å². The molecular formula is C10H14N6O. The second-order valence-corrected chi connectivity index (χ2v) is 4.28.